The van der Waals surface area contributed by atoms with Crippen molar-refractivity contribution in [3.8, 4) is 0 Å². The summed E-state index contributed by atoms with van der Waals surface area (Å²) in [5.74, 6) is 0.982. The first-order valence-electron chi connectivity index (χ1n) is 6.27. The summed E-state index contributed by atoms with van der Waals surface area (Å²) >= 11 is 1.85. The standard InChI is InChI=1S/C12H20N2S/c1-15-12-13-8-10-7-9-5-3-2-4-6-11(9)14(10)12/h9-11H,2-8H2,1H3/t9-,10?,11+/m0/s1. The van der Waals surface area contributed by atoms with Crippen molar-refractivity contribution in [3.63, 3.8) is 0 Å². The van der Waals surface area contributed by atoms with Crippen LogP contribution in [0.15, 0.2) is 4.99 Å². The molecule has 0 aromatic heterocycles. The van der Waals surface area contributed by atoms with Crippen molar-refractivity contribution in [1.29, 1.82) is 0 Å². The Hall–Kier alpha value is -0.180. The smallest absolute Gasteiger partial charge is 0.159 e. The van der Waals surface area contributed by atoms with Gasteiger partial charge in [-0.2, -0.15) is 0 Å². The third kappa shape index (κ3) is 1.59. The molecule has 1 saturated heterocycles. The predicted octanol–water partition coefficient (Wildman–Crippen LogP) is 2.74. The minimum Gasteiger partial charge on any atom is -0.343 e. The van der Waals surface area contributed by atoms with E-state index >= 15 is 0 Å². The SMILES string of the molecule is CSC1=NCC2C[C@@H]3CCCCC[C@H]3N12. The Kier molecular flexibility index (Phi) is 2.67. The van der Waals surface area contributed by atoms with Crippen LogP contribution in [0, 0.1) is 5.92 Å². The summed E-state index contributed by atoms with van der Waals surface area (Å²) < 4.78 is 0. The summed E-state index contributed by atoms with van der Waals surface area (Å²) in [7, 11) is 0. The van der Waals surface area contributed by atoms with Gasteiger partial charge in [-0.25, -0.2) is 0 Å². The maximum atomic E-state index is 4.67. The van der Waals surface area contributed by atoms with Crippen LogP contribution in [-0.4, -0.2) is 35.0 Å². The highest BCUT2D eigenvalue weighted by atomic mass is 32.2. The van der Waals surface area contributed by atoms with Gasteiger partial charge in [0, 0.05) is 6.04 Å². The number of hydrogen-bond acceptors (Lipinski definition) is 3. The second kappa shape index (κ2) is 4.00. The van der Waals surface area contributed by atoms with E-state index < -0.39 is 0 Å². The lowest BCUT2D eigenvalue weighted by atomic mass is 9.94. The van der Waals surface area contributed by atoms with Gasteiger partial charge in [-0.05, 0) is 31.4 Å². The Balaban J connectivity index is 1.81. The van der Waals surface area contributed by atoms with E-state index in [4.69, 9.17) is 0 Å². The highest BCUT2D eigenvalue weighted by Crippen LogP contribution is 2.42. The van der Waals surface area contributed by atoms with Crippen molar-refractivity contribution in [1.82, 2.24) is 4.90 Å². The van der Waals surface area contributed by atoms with Gasteiger partial charge in [-0.15, -0.1) is 0 Å². The molecule has 0 aromatic carbocycles. The van der Waals surface area contributed by atoms with Gasteiger partial charge in [0.15, 0.2) is 5.17 Å². The number of fused-ring (bicyclic) bond motifs is 3. The van der Waals surface area contributed by atoms with E-state index in [1.165, 1.54) is 43.7 Å². The summed E-state index contributed by atoms with van der Waals surface area (Å²) in [4.78, 5) is 7.33. The summed E-state index contributed by atoms with van der Waals surface area (Å²) in [5, 5.41) is 1.33. The molecule has 0 N–H and O–H groups in total. The average Bonchev–Trinajstić information content (AvgIpc) is 2.70. The molecule has 0 bridgehead atoms. The molecule has 2 heterocycles. The van der Waals surface area contributed by atoms with Crippen molar-refractivity contribution >= 4 is 16.9 Å². The largest absolute Gasteiger partial charge is 0.343 e. The van der Waals surface area contributed by atoms with Crippen LogP contribution in [0.5, 0.6) is 0 Å². The monoisotopic (exact) mass is 224 g/mol. The summed E-state index contributed by atoms with van der Waals surface area (Å²) in [6.45, 7) is 1.07. The molecule has 2 nitrogen and oxygen atoms in total. The molecule has 2 aliphatic heterocycles. The highest BCUT2D eigenvalue weighted by molar-refractivity contribution is 8.13. The fourth-order valence-electron chi connectivity index (χ4n) is 3.64. The second-order valence-electron chi connectivity index (χ2n) is 5.09. The van der Waals surface area contributed by atoms with Crippen LogP contribution in [0.4, 0.5) is 0 Å². The van der Waals surface area contributed by atoms with Gasteiger partial charge in [-0.3, -0.25) is 4.99 Å². The van der Waals surface area contributed by atoms with Gasteiger partial charge in [0.1, 0.15) is 0 Å². The first-order chi connectivity index (χ1) is 7.40. The zero-order chi connectivity index (χ0) is 10.3. The molecule has 3 rings (SSSR count). The maximum Gasteiger partial charge on any atom is 0.159 e. The van der Waals surface area contributed by atoms with Crippen molar-refractivity contribution in [2.75, 3.05) is 12.8 Å². The number of hydrogen-bond donors (Lipinski definition) is 0. The molecule has 0 radical (unpaired) electrons. The summed E-state index contributed by atoms with van der Waals surface area (Å²) in [6, 6.07) is 1.60. The average molecular weight is 224 g/mol. The number of thioether (sulfide) groups is 1. The molecule has 0 amide bonds. The Morgan fingerprint density at radius 2 is 2.13 bits per heavy atom. The van der Waals surface area contributed by atoms with Crippen LogP contribution < -0.4 is 0 Å². The minimum absolute atomic E-state index is 0.764. The van der Waals surface area contributed by atoms with Gasteiger partial charge in [0.05, 0.1) is 12.6 Å². The van der Waals surface area contributed by atoms with Gasteiger partial charge in [0.25, 0.3) is 0 Å². The van der Waals surface area contributed by atoms with E-state index in [9.17, 15) is 0 Å². The first kappa shape index (κ1) is 10.0. The molecule has 15 heavy (non-hydrogen) atoms. The zero-order valence-corrected chi connectivity index (χ0v) is 10.3. The van der Waals surface area contributed by atoms with Crippen LogP contribution in [0.25, 0.3) is 0 Å². The van der Waals surface area contributed by atoms with Crippen molar-refractivity contribution in [2.45, 2.75) is 50.6 Å². The topological polar surface area (TPSA) is 15.6 Å². The van der Waals surface area contributed by atoms with Crippen LogP contribution in [0.3, 0.4) is 0 Å². The van der Waals surface area contributed by atoms with Gasteiger partial charge < -0.3 is 4.90 Å². The molecule has 3 heteroatoms. The first-order valence-corrected chi connectivity index (χ1v) is 7.49. The third-order valence-corrected chi connectivity index (χ3v) is 4.99. The second-order valence-corrected chi connectivity index (χ2v) is 5.86. The number of rotatable bonds is 0. The molecule has 1 aliphatic carbocycles. The van der Waals surface area contributed by atoms with E-state index in [0.29, 0.717) is 0 Å². The molecule has 2 fully saturated rings. The number of aliphatic imine (C=N–C) groups is 1. The van der Waals surface area contributed by atoms with Crippen LogP contribution in [0.2, 0.25) is 0 Å². The van der Waals surface area contributed by atoms with E-state index in [1.54, 1.807) is 0 Å². The Bertz CT molecular complexity index is 277. The van der Waals surface area contributed by atoms with Crippen LogP contribution in [-0.2, 0) is 0 Å². The van der Waals surface area contributed by atoms with Gasteiger partial charge in [-0.1, -0.05) is 31.0 Å². The van der Waals surface area contributed by atoms with E-state index in [1.807, 2.05) is 11.8 Å². The molecule has 0 aromatic rings. The molecule has 1 saturated carbocycles. The van der Waals surface area contributed by atoms with Crippen molar-refractivity contribution in [2.24, 2.45) is 10.9 Å². The molecular weight excluding hydrogens is 204 g/mol. The molecular formula is C12H20N2S. The molecule has 3 atom stereocenters. The molecule has 3 aliphatic rings. The predicted molar refractivity (Wildman–Crippen MR) is 66.4 cm³/mol. The van der Waals surface area contributed by atoms with E-state index in [-0.39, 0.29) is 0 Å². The number of amidine groups is 1. The van der Waals surface area contributed by atoms with E-state index in [0.717, 1.165) is 24.5 Å². The van der Waals surface area contributed by atoms with Crippen LogP contribution in [0.1, 0.15) is 38.5 Å². The van der Waals surface area contributed by atoms with Crippen molar-refractivity contribution < 1.29 is 0 Å². The molecule has 1 unspecified atom stereocenters. The summed E-state index contributed by atoms with van der Waals surface area (Å²) in [6.07, 6.45) is 10.8. The fourth-order valence-corrected chi connectivity index (χ4v) is 4.33. The zero-order valence-electron chi connectivity index (χ0n) is 9.48. The third-order valence-electron chi connectivity index (χ3n) is 4.29. The maximum absolute atomic E-state index is 4.67. The lowest BCUT2D eigenvalue weighted by Crippen LogP contribution is -2.37. The molecule has 84 valence electrons. The minimum atomic E-state index is 0.764. The summed E-state index contributed by atoms with van der Waals surface area (Å²) in [5.41, 5.74) is 0. The normalized spacial score (nSPS) is 39.7. The lowest BCUT2D eigenvalue weighted by molar-refractivity contribution is 0.300. The Morgan fingerprint density at radius 3 is 3.00 bits per heavy atom. The fraction of sp³-hybridized carbons (Fsp3) is 0.917. The van der Waals surface area contributed by atoms with Gasteiger partial charge in [0.2, 0.25) is 0 Å². The molecule has 0 spiro atoms. The quantitative estimate of drug-likeness (QED) is 0.629. The lowest BCUT2D eigenvalue weighted by Gasteiger charge is -2.28. The Morgan fingerprint density at radius 1 is 1.27 bits per heavy atom. The Labute approximate surface area is 96.5 Å². The van der Waals surface area contributed by atoms with Crippen LogP contribution >= 0.6 is 11.8 Å². The highest BCUT2D eigenvalue weighted by Gasteiger charge is 2.44. The van der Waals surface area contributed by atoms with Gasteiger partial charge >= 0.3 is 0 Å². The van der Waals surface area contributed by atoms with E-state index in [2.05, 4.69) is 16.1 Å². The van der Waals surface area contributed by atoms with Crippen molar-refractivity contribution in [3.05, 3.63) is 0 Å². The number of nitrogens with zero attached hydrogens (tertiary/aromatic N) is 2.